The van der Waals surface area contributed by atoms with E-state index in [2.05, 4.69) is 5.32 Å². The molecule has 0 aliphatic carbocycles. The highest BCUT2D eigenvalue weighted by atomic mass is 35.5. The molecule has 0 fully saturated rings. The van der Waals surface area contributed by atoms with Crippen LogP contribution in [0.1, 0.15) is 25.8 Å². The summed E-state index contributed by atoms with van der Waals surface area (Å²) in [5, 5.41) is 13.5. The molecule has 1 rings (SSSR count). The number of ether oxygens (including phenoxy) is 2. The number of benzene rings is 1. The third-order valence-electron chi connectivity index (χ3n) is 3.21. The number of aliphatic hydroxyl groups is 1. The Bertz CT molecular complexity index is 424. The summed E-state index contributed by atoms with van der Waals surface area (Å²) in [4.78, 5) is 0. The number of hydrogen-bond donors (Lipinski definition) is 2. The van der Waals surface area contributed by atoms with Crippen LogP contribution in [-0.2, 0) is 6.54 Å². The van der Waals surface area contributed by atoms with Crippen LogP contribution < -0.4 is 14.8 Å². The van der Waals surface area contributed by atoms with Crippen molar-refractivity contribution in [3.63, 3.8) is 0 Å². The van der Waals surface area contributed by atoms with E-state index in [1.807, 2.05) is 26.0 Å². The molecule has 1 atom stereocenters. The first-order valence-electron chi connectivity index (χ1n) is 6.78. The average molecular weight is 302 g/mol. The third kappa shape index (κ3) is 4.85. The molecule has 114 valence electrons. The highest BCUT2D eigenvalue weighted by molar-refractivity contribution is 6.32. The van der Waals surface area contributed by atoms with Gasteiger partial charge in [-0.15, -0.1) is 0 Å². The smallest absolute Gasteiger partial charge is 0.179 e. The van der Waals surface area contributed by atoms with Gasteiger partial charge in [-0.25, -0.2) is 0 Å². The number of nitrogens with one attached hydrogen (secondary N) is 1. The zero-order valence-corrected chi connectivity index (χ0v) is 13.3. The van der Waals surface area contributed by atoms with E-state index in [1.54, 1.807) is 14.2 Å². The lowest BCUT2D eigenvalue weighted by atomic mass is 10.0. The Labute approximate surface area is 126 Å². The maximum absolute atomic E-state index is 9.72. The van der Waals surface area contributed by atoms with E-state index in [0.717, 1.165) is 18.5 Å². The second-order valence-corrected chi connectivity index (χ2v) is 5.50. The number of halogens is 1. The molecular formula is C15H24ClNO3. The van der Waals surface area contributed by atoms with Crippen molar-refractivity contribution in [1.29, 1.82) is 0 Å². The van der Waals surface area contributed by atoms with Crippen molar-refractivity contribution in [3.05, 3.63) is 22.7 Å². The van der Waals surface area contributed by atoms with Crippen molar-refractivity contribution in [1.82, 2.24) is 5.32 Å². The minimum absolute atomic E-state index is 0.267. The SMILES string of the molecule is COc1cc(CNCCC(O)C(C)C)cc(Cl)c1OC. The Hall–Kier alpha value is -0.970. The molecule has 0 amide bonds. The summed E-state index contributed by atoms with van der Waals surface area (Å²) in [5.74, 6) is 1.46. The molecule has 0 aliphatic heterocycles. The number of methoxy groups -OCH3 is 2. The molecule has 0 heterocycles. The molecule has 4 nitrogen and oxygen atoms in total. The molecule has 0 aromatic heterocycles. The number of rotatable bonds is 8. The zero-order valence-electron chi connectivity index (χ0n) is 12.6. The Morgan fingerprint density at radius 3 is 2.50 bits per heavy atom. The van der Waals surface area contributed by atoms with E-state index in [9.17, 15) is 5.11 Å². The fourth-order valence-electron chi connectivity index (χ4n) is 1.89. The topological polar surface area (TPSA) is 50.7 Å². The van der Waals surface area contributed by atoms with Gasteiger partial charge in [0.25, 0.3) is 0 Å². The van der Waals surface area contributed by atoms with Gasteiger partial charge in [-0.3, -0.25) is 0 Å². The van der Waals surface area contributed by atoms with Gasteiger partial charge in [-0.1, -0.05) is 25.4 Å². The highest BCUT2D eigenvalue weighted by Crippen LogP contribution is 2.35. The summed E-state index contributed by atoms with van der Waals surface area (Å²) in [6.07, 6.45) is 0.468. The Kier molecular flexibility index (Phi) is 7.13. The van der Waals surface area contributed by atoms with Crippen molar-refractivity contribution >= 4 is 11.6 Å². The molecule has 0 saturated carbocycles. The Balaban J connectivity index is 2.54. The predicted molar refractivity (Wildman–Crippen MR) is 81.7 cm³/mol. The Morgan fingerprint density at radius 1 is 1.25 bits per heavy atom. The predicted octanol–water partition coefficient (Wildman–Crippen LogP) is 2.85. The maximum Gasteiger partial charge on any atom is 0.179 e. The summed E-state index contributed by atoms with van der Waals surface area (Å²) >= 11 is 6.15. The third-order valence-corrected chi connectivity index (χ3v) is 3.49. The molecule has 0 spiro atoms. The fourth-order valence-corrected chi connectivity index (χ4v) is 2.20. The van der Waals surface area contributed by atoms with Crippen LogP contribution in [0.15, 0.2) is 12.1 Å². The molecular weight excluding hydrogens is 278 g/mol. The van der Waals surface area contributed by atoms with Gasteiger partial charge in [0.15, 0.2) is 11.5 Å². The molecule has 1 unspecified atom stereocenters. The highest BCUT2D eigenvalue weighted by Gasteiger charge is 2.11. The number of hydrogen-bond acceptors (Lipinski definition) is 4. The van der Waals surface area contributed by atoms with Crippen LogP contribution in [0.5, 0.6) is 11.5 Å². The van der Waals surface area contributed by atoms with Crippen molar-refractivity contribution in [2.75, 3.05) is 20.8 Å². The van der Waals surface area contributed by atoms with Crippen LogP contribution in [0.3, 0.4) is 0 Å². The van der Waals surface area contributed by atoms with E-state index in [-0.39, 0.29) is 12.0 Å². The van der Waals surface area contributed by atoms with Gasteiger partial charge in [0.2, 0.25) is 0 Å². The minimum atomic E-state index is -0.267. The Morgan fingerprint density at radius 2 is 1.95 bits per heavy atom. The van der Waals surface area contributed by atoms with Gasteiger partial charge < -0.3 is 19.9 Å². The van der Waals surface area contributed by atoms with Crippen molar-refractivity contribution in [2.24, 2.45) is 5.92 Å². The van der Waals surface area contributed by atoms with E-state index < -0.39 is 0 Å². The van der Waals surface area contributed by atoms with Crippen molar-refractivity contribution in [2.45, 2.75) is 32.9 Å². The lowest BCUT2D eigenvalue weighted by molar-refractivity contribution is 0.116. The molecule has 0 radical (unpaired) electrons. The van der Waals surface area contributed by atoms with Crippen LogP contribution in [-0.4, -0.2) is 32.0 Å². The van der Waals surface area contributed by atoms with Crippen LogP contribution in [0, 0.1) is 5.92 Å². The summed E-state index contributed by atoms with van der Waals surface area (Å²) < 4.78 is 10.5. The molecule has 0 aliphatic rings. The zero-order chi connectivity index (χ0) is 15.1. The standard InChI is InChI=1S/C15H24ClNO3/c1-10(2)13(18)5-6-17-9-11-7-12(16)15(20-4)14(8-11)19-3/h7-8,10,13,17-18H,5-6,9H2,1-4H3. The molecule has 0 bridgehead atoms. The van der Waals surface area contributed by atoms with Gasteiger partial charge in [0.05, 0.1) is 25.3 Å². The first-order chi connectivity index (χ1) is 9.49. The molecule has 1 aromatic rings. The first kappa shape index (κ1) is 17.1. The summed E-state index contributed by atoms with van der Waals surface area (Å²) in [6.45, 7) is 5.45. The molecule has 1 aromatic carbocycles. The average Bonchev–Trinajstić information content (AvgIpc) is 2.42. The summed E-state index contributed by atoms with van der Waals surface area (Å²) in [7, 11) is 3.15. The summed E-state index contributed by atoms with van der Waals surface area (Å²) in [5.41, 5.74) is 1.02. The first-order valence-corrected chi connectivity index (χ1v) is 7.16. The summed E-state index contributed by atoms with van der Waals surface area (Å²) in [6, 6.07) is 3.76. The second-order valence-electron chi connectivity index (χ2n) is 5.09. The lowest BCUT2D eigenvalue weighted by Gasteiger charge is -2.15. The monoisotopic (exact) mass is 301 g/mol. The van der Waals surface area contributed by atoms with Crippen LogP contribution in [0.2, 0.25) is 5.02 Å². The molecule has 2 N–H and O–H groups in total. The van der Waals surface area contributed by atoms with Crippen LogP contribution in [0.4, 0.5) is 0 Å². The normalized spacial score (nSPS) is 12.6. The van der Waals surface area contributed by atoms with Crippen molar-refractivity contribution in [3.8, 4) is 11.5 Å². The van der Waals surface area contributed by atoms with Crippen LogP contribution >= 0.6 is 11.6 Å². The van der Waals surface area contributed by atoms with E-state index in [1.165, 1.54) is 0 Å². The minimum Gasteiger partial charge on any atom is -0.493 e. The fraction of sp³-hybridized carbons (Fsp3) is 0.600. The van der Waals surface area contributed by atoms with Gasteiger partial charge >= 0.3 is 0 Å². The second kappa shape index (κ2) is 8.35. The van der Waals surface area contributed by atoms with Crippen molar-refractivity contribution < 1.29 is 14.6 Å². The maximum atomic E-state index is 9.72. The largest absolute Gasteiger partial charge is 0.493 e. The van der Waals surface area contributed by atoms with Gasteiger partial charge in [-0.05, 0) is 36.6 Å². The van der Waals surface area contributed by atoms with Gasteiger partial charge in [-0.2, -0.15) is 0 Å². The van der Waals surface area contributed by atoms with E-state index in [0.29, 0.717) is 23.1 Å². The van der Waals surface area contributed by atoms with E-state index in [4.69, 9.17) is 21.1 Å². The van der Waals surface area contributed by atoms with Gasteiger partial charge in [0, 0.05) is 6.54 Å². The molecule has 0 saturated heterocycles. The van der Waals surface area contributed by atoms with E-state index >= 15 is 0 Å². The van der Waals surface area contributed by atoms with Gasteiger partial charge in [0.1, 0.15) is 0 Å². The van der Waals surface area contributed by atoms with Crippen LogP contribution in [0.25, 0.3) is 0 Å². The molecule has 5 heteroatoms. The molecule has 20 heavy (non-hydrogen) atoms. The quantitative estimate of drug-likeness (QED) is 0.725. The lowest BCUT2D eigenvalue weighted by Crippen LogP contribution is -2.23. The number of aliphatic hydroxyl groups excluding tert-OH is 1.